The molecule has 0 bridgehead atoms. The molecular weight excluding hydrogens is 260 g/mol. The molecule has 2 N–H and O–H groups in total. The number of aliphatic hydroxyl groups excluding tert-OH is 1. The fraction of sp³-hybridized carbons (Fsp3) is 0.429. The zero-order valence-corrected chi connectivity index (χ0v) is 11.7. The molecule has 1 rings (SSSR count). The van der Waals surface area contributed by atoms with Gasteiger partial charge in [0, 0.05) is 26.1 Å². The van der Waals surface area contributed by atoms with Crippen LogP contribution in [-0.2, 0) is 9.59 Å². The van der Waals surface area contributed by atoms with Gasteiger partial charge in [-0.1, -0.05) is 0 Å². The first-order valence-corrected chi connectivity index (χ1v) is 6.40. The zero-order chi connectivity index (χ0) is 15.0. The highest BCUT2D eigenvalue weighted by molar-refractivity contribution is 5.91. The van der Waals surface area contributed by atoms with Crippen LogP contribution < -0.4 is 5.32 Å². The highest BCUT2D eigenvalue weighted by Gasteiger charge is 2.14. The number of carbonyl (C=O) groups excluding carboxylic acids is 2. The Morgan fingerprint density at radius 1 is 1.55 bits per heavy atom. The van der Waals surface area contributed by atoms with Crippen LogP contribution in [0.1, 0.15) is 19.1 Å². The summed E-state index contributed by atoms with van der Waals surface area (Å²) in [5.74, 6) is 0.182. The second-order valence-electron chi connectivity index (χ2n) is 4.43. The topological polar surface area (TPSA) is 82.8 Å². The van der Waals surface area contributed by atoms with Gasteiger partial charge in [0.1, 0.15) is 5.76 Å². The Balaban J connectivity index is 2.26. The lowest BCUT2D eigenvalue weighted by Gasteiger charge is -2.23. The Bertz CT molecular complexity index is 454. The van der Waals surface area contributed by atoms with Crippen LogP contribution in [0.5, 0.6) is 0 Å². The molecule has 0 aliphatic carbocycles. The predicted octanol–water partition coefficient (Wildman–Crippen LogP) is 0.638. The molecule has 110 valence electrons. The van der Waals surface area contributed by atoms with Gasteiger partial charge in [0.15, 0.2) is 0 Å². The van der Waals surface area contributed by atoms with E-state index < -0.39 is 0 Å². The molecule has 1 unspecified atom stereocenters. The maximum atomic E-state index is 11.7. The Labute approximate surface area is 118 Å². The molecule has 1 atom stereocenters. The number of amides is 2. The van der Waals surface area contributed by atoms with Crippen molar-refractivity contribution in [1.82, 2.24) is 10.2 Å². The third-order valence-corrected chi connectivity index (χ3v) is 2.90. The summed E-state index contributed by atoms with van der Waals surface area (Å²) in [6, 6.07) is 3.24. The first-order valence-electron chi connectivity index (χ1n) is 6.40. The van der Waals surface area contributed by atoms with Gasteiger partial charge in [0.05, 0.1) is 18.9 Å². The maximum Gasteiger partial charge on any atom is 0.244 e. The van der Waals surface area contributed by atoms with Crippen molar-refractivity contribution in [3.05, 3.63) is 30.2 Å². The van der Waals surface area contributed by atoms with E-state index in [0.29, 0.717) is 5.76 Å². The van der Waals surface area contributed by atoms with Crippen LogP contribution in [0.25, 0.3) is 6.08 Å². The second-order valence-corrected chi connectivity index (χ2v) is 4.43. The van der Waals surface area contributed by atoms with Gasteiger partial charge >= 0.3 is 0 Å². The number of hydrogen-bond donors (Lipinski definition) is 2. The molecule has 20 heavy (non-hydrogen) atoms. The van der Waals surface area contributed by atoms with E-state index in [9.17, 15) is 9.59 Å². The molecule has 0 radical (unpaired) electrons. The van der Waals surface area contributed by atoms with Crippen molar-refractivity contribution in [3.63, 3.8) is 0 Å². The predicted molar refractivity (Wildman–Crippen MR) is 74.7 cm³/mol. The third kappa shape index (κ3) is 5.27. The van der Waals surface area contributed by atoms with Crippen molar-refractivity contribution in [3.8, 4) is 0 Å². The molecule has 0 saturated carbocycles. The molecule has 1 aromatic heterocycles. The Hall–Kier alpha value is -2.08. The Morgan fingerprint density at radius 2 is 2.30 bits per heavy atom. The van der Waals surface area contributed by atoms with Gasteiger partial charge in [-0.25, -0.2) is 0 Å². The number of aliphatic hydroxyl groups is 1. The van der Waals surface area contributed by atoms with Crippen molar-refractivity contribution in [2.45, 2.75) is 19.4 Å². The van der Waals surface area contributed by atoms with E-state index in [0.717, 1.165) is 0 Å². The van der Waals surface area contributed by atoms with Crippen LogP contribution in [0.15, 0.2) is 28.9 Å². The van der Waals surface area contributed by atoms with Crippen LogP contribution >= 0.6 is 0 Å². The average molecular weight is 280 g/mol. The van der Waals surface area contributed by atoms with Crippen molar-refractivity contribution in [2.75, 3.05) is 20.2 Å². The zero-order valence-electron chi connectivity index (χ0n) is 11.7. The highest BCUT2D eigenvalue weighted by Crippen LogP contribution is 2.01. The molecule has 2 amide bonds. The van der Waals surface area contributed by atoms with E-state index in [1.807, 2.05) is 0 Å². The van der Waals surface area contributed by atoms with Gasteiger partial charge in [-0.2, -0.15) is 0 Å². The molecule has 6 nitrogen and oxygen atoms in total. The number of furan rings is 1. The first-order chi connectivity index (χ1) is 9.54. The van der Waals surface area contributed by atoms with Crippen molar-refractivity contribution in [2.24, 2.45) is 0 Å². The lowest BCUT2D eigenvalue weighted by atomic mass is 10.3. The Kier molecular flexibility index (Phi) is 6.52. The molecule has 0 spiro atoms. The van der Waals surface area contributed by atoms with Crippen LogP contribution in [0.2, 0.25) is 0 Å². The second kappa shape index (κ2) is 8.16. The summed E-state index contributed by atoms with van der Waals surface area (Å²) in [6.07, 6.45) is 4.62. The van der Waals surface area contributed by atoms with Crippen LogP contribution in [0.4, 0.5) is 0 Å². The molecule has 0 fully saturated rings. The molecule has 1 aromatic rings. The van der Waals surface area contributed by atoms with Crippen molar-refractivity contribution in [1.29, 1.82) is 0 Å². The summed E-state index contributed by atoms with van der Waals surface area (Å²) in [6.45, 7) is 1.92. The number of nitrogens with zero attached hydrogens (tertiary/aromatic N) is 1. The molecule has 6 heteroatoms. The highest BCUT2D eigenvalue weighted by atomic mass is 16.3. The quantitative estimate of drug-likeness (QED) is 0.718. The van der Waals surface area contributed by atoms with E-state index >= 15 is 0 Å². The minimum Gasteiger partial charge on any atom is -0.465 e. The van der Waals surface area contributed by atoms with Crippen molar-refractivity contribution >= 4 is 17.9 Å². The lowest BCUT2D eigenvalue weighted by Crippen LogP contribution is -2.39. The summed E-state index contributed by atoms with van der Waals surface area (Å²) >= 11 is 0. The third-order valence-electron chi connectivity index (χ3n) is 2.90. The minimum absolute atomic E-state index is 0.0829. The molecule has 0 aliphatic rings. The lowest BCUT2D eigenvalue weighted by molar-refractivity contribution is -0.132. The summed E-state index contributed by atoms with van der Waals surface area (Å²) in [7, 11) is 1.63. The number of nitrogens with one attached hydrogen (secondary N) is 1. The van der Waals surface area contributed by atoms with Gasteiger partial charge in [-0.05, 0) is 25.1 Å². The maximum absolute atomic E-state index is 11.7. The average Bonchev–Trinajstić information content (AvgIpc) is 2.96. The SMILES string of the molecule is CC(CO)N(C)C(=O)CCNC(=O)/C=C/c1ccco1. The van der Waals surface area contributed by atoms with E-state index in [1.54, 1.807) is 32.2 Å². The fourth-order valence-corrected chi connectivity index (χ4v) is 1.44. The van der Waals surface area contributed by atoms with Crippen LogP contribution in [-0.4, -0.2) is 48.1 Å². The fourth-order valence-electron chi connectivity index (χ4n) is 1.44. The first kappa shape index (κ1) is 16.0. The standard InChI is InChI=1S/C14H20N2O4/c1-11(10-17)16(2)14(19)7-8-15-13(18)6-5-12-4-3-9-20-12/h3-6,9,11,17H,7-8,10H2,1-2H3,(H,15,18)/b6-5+. The molecule has 0 aromatic carbocycles. The summed E-state index contributed by atoms with van der Waals surface area (Å²) in [4.78, 5) is 24.6. The summed E-state index contributed by atoms with van der Waals surface area (Å²) < 4.78 is 5.05. The summed E-state index contributed by atoms with van der Waals surface area (Å²) in [5.41, 5.74) is 0. The van der Waals surface area contributed by atoms with Gasteiger partial charge in [-0.15, -0.1) is 0 Å². The minimum atomic E-state index is -0.285. The molecular formula is C14H20N2O4. The molecule has 0 aliphatic heterocycles. The summed E-state index contributed by atoms with van der Waals surface area (Å²) in [5, 5.41) is 11.6. The number of carbonyl (C=O) groups is 2. The molecule has 0 saturated heterocycles. The van der Waals surface area contributed by atoms with E-state index in [-0.39, 0.29) is 37.4 Å². The normalized spacial score (nSPS) is 12.3. The van der Waals surface area contributed by atoms with Crippen LogP contribution in [0.3, 0.4) is 0 Å². The monoisotopic (exact) mass is 280 g/mol. The van der Waals surface area contributed by atoms with Gasteiger partial charge in [-0.3, -0.25) is 9.59 Å². The van der Waals surface area contributed by atoms with Gasteiger partial charge in [0.2, 0.25) is 11.8 Å². The number of hydrogen-bond acceptors (Lipinski definition) is 4. The number of rotatable bonds is 7. The van der Waals surface area contributed by atoms with Crippen LogP contribution in [0, 0.1) is 0 Å². The molecule has 1 heterocycles. The van der Waals surface area contributed by atoms with Gasteiger partial charge in [0.25, 0.3) is 0 Å². The largest absolute Gasteiger partial charge is 0.465 e. The Morgan fingerprint density at radius 3 is 2.90 bits per heavy atom. The van der Waals surface area contributed by atoms with E-state index in [2.05, 4.69) is 5.32 Å². The van der Waals surface area contributed by atoms with E-state index in [1.165, 1.54) is 17.2 Å². The van der Waals surface area contributed by atoms with Gasteiger partial charge < -0.3 is 19.7 Å². The smallest absolute Gasteiger partial charge is 0.244 e. The number of likely N-dealkylation sites (N-methyl/N-ethyl adjacent to an activating group) is 1. The van der Waals surface area contributed by atoms with E-state index in [4.69, 9.17) is 9.52 Å². The van der Waals surface area contributed by atoms with Crippen molar-refractivity contribution < 1.29 is 19.1 Å².